The van der Waals surface area contributed by atoms with Gasteiger partial charge in [-0.3, -0.25) is 0 Å². The largest absolute Gasteiger partial charge is 0.0999 e. The Morgan fingerprint density at radius 3 is 1.65 bits per heavy atom. The Kier molecular flexibility index (Phi) is 12.0. The molecule has 0 aromatic carbocycles. The van der Waals surface area contributed by atoms with E-state index in [0.717, 1.165) is 5.92 Å². The highest BCUT2D eigenvalue weighted by atomic mass is 14.1. The van der Waals surface area contributed by atoms with E-state index >= 15 is 0 Å². The van der Waals surface area contributed by atoms with Crippen LogP contribution in [0.1, 0.15) is 91.4 Å². The minimum Gasteiger partial charge on any atom is -0.0999 e. The maximum absolute atomic E-state index is 4.02. The number of allylic oxidation sites excluding steroid dienone is 1. The lowest BCUT2D eigenvalue weighted by Crippen LogP contribution is -1.94. The van der Waals surface area contributed by atoms with E-state index in [2.05, 4.69) is 27.4 Å². The van der Waals surface area contributed by atoms with Crippen LogP contribution in [-0.4, -0.2) is 0 Å². The smallest absolute Gasteiger partial charge is 0.0237 e. The zero-order valence-electron chi connectivity index (χ0n) is 12.6. The molecule has 0 aromatic heterocycles. The quantitative estimate of drug-likeness (QED) is 0.268. The summed E-state index contributed by atoms with van der Waals surface area (Å²) in [5.74, 6) is 0.726. The monoisotopic (exact) mass is 238 g/mol. The molecule has 0 rings (SSSR count). The summed E-state index contributed by atoms with van der Waals surface area (Å²) in [4.78, 5) is 0. The van der Waals surface area contributed by atoms with Crippen LogP contribution in [-0.2, 0) is 0 Å². The molecule has 17 heavy (non-hydrogen) atoms. The van der Waals surface area contributed by atoms with Gasteiger partial charge in [-0.2, -0.15) is 0 Å². The Morgan fingerprint density at radius 2 is 1.24 bits per heavy atom. The summed E-state index contributed by atoms with van der Waals surface area (Å²) in [7, 11) is 0. The molecule has 0 bridgehead atoms. The van der Waals surface area contributed by atoms with Gasteiger partial charge in [-0.25, -0.2) is 0 Å². The fourth-order valence-electron chi connectivity index (χ4n) is 2.18. The number of hydrogen-bond donors (Lipinski definition) is 0. The predicted octanol–water partition coefficient (Wildman–Crippen LogP) is 6.51. The van der Waals surface area contributed by atoms with Gasteiger partial charge in [0.1, 0.15) is 0 Å². The third kappa shape index (κ3) is 12.0. The zero-order chi connectivity index (χ0) is 12.9. The molecule has 0 radical (unpaired) electrons. The van der Waals surface area contributed by atoms with E-state index < -0.39 is 0 Å². The highest BCUT2D eigenvalue weighted by Crippen LogP contribution is 2.17. The Balaban J connectivity index is 3.06. The van der Waals surface area contributed by atoms with Crippen molar-refractivity contribution in [2.24, 2.45) is 5.92 Å². The molecule has 0 spiro atoms. The van der Waals surface area contributed by atoms with Crippen molar-refractivity contribution in [1.29, 1.82) is 0 Å². The second-order valence-corrected chi connectivity index (χ2v) is 5.72. The van der Waals surface area contributed by atoms with Crippen LogP contribution in [0.4, 0.5) is 0 Å². The zero-order valence-corrected chi connectivity index (χ0v) is 12.6. The normalized spacial score (nSPS) is 12.6. The molecular formula is C17H34. The number of unbranched alkanes of at least 4 members (excludes halogenated alkanes) is 9. The van der Waals surface area contributed by atoms with Gasteiger partial charge in [-0.05, 0) is 19.3 Å². The molecule has 1 unspecified atom stereocenters. The lowest BCUT2D eigenvalue weighted by atomic mass is 9.96. The second-order valence-electron chi connectivity index (χ2n) is 5.72. The summed E-state index contributed by atoms with van der Waals surface area (Å²) in [5, 5.41) is 0. The molecule has 0 aromatic rings. The van der Waals surface area contributed by atoms with Gasteiger partial charge in [0.15, 0.2) is 0 Å². The van der Waals surface area contributed by atoms with Gasteiger partial charge in [0, 0.05) is 0 Å². The molecule has 0 fully saturated rings. The maximum Gasteiger partial charge on any atom is -0.0237 e. The summed E-state index contributed by atoms with van der Waals surface area (Å²) < 4.78 is 0. The van der Waals surface area contributed by atoms with Crippen LogP contribution in [0.5, 0.6) is 0 Å². The maximum atomic E-state index is 4.02. The Hall–Kier alpha value is -0.260. The molecule has 0 amide bonds. The van der Waals surface area contributed by atoms with Crippen LogP contribution in [0.25, 0.3) is 0 Å². The van der Waals surface area contributed by atoms with E-state index in [0.29, 0.717) is 0 Å². The van der Waals surface area contributed by atoms with Crippen LogP contribution < -0.4 is 0 Å². The predicted molar refractivity (Wildman–Crippen MR) is 80.4 cm³/mol. The molecule has 0 aliphatic rings. The van der Waals surface area contributed by atoms with E-state index in [9.17, 15) is 0 Å². The molecule has 102 valence electrons. The number of hydrogen-bond acceptors (Lipinski definition) is 0. The molecule has 0 nitrogen and oxygen atoms in total. The fraction of sp³-hybridized carbons (Fsp3) is 0.882. The standard InChI is InChI=1S/C17H34/c1-5-6-7-8-9-10-11-12-13-14-15-17(4)16(2)3/h17H,2,5-15H2,1,3-4H3. The van der Waals surface area contributed by atoms with Crippen molar-refractivity contribution < 1.29 is 0 Å². The molecule has 0 heterocycles. The topological polar surface area (TPSA) is 0 Å². The second kappa shape index (κ2) is 12.2. The third-order valence-electron chi connectivity index (χ3n) is 3.83. The molecule has 1 atom stereocenters. The molecule has 0 heteroatoms. The molecule has 0 saturated heterocycles. The van der Waals surface area contributed by atoms with Crippen molar-refractivity contribution in [3.05, 3.63) is 12.2 Å². The summed E-state index contributed by atoms with van der Waals surface area (Å²) in [6, 6.07) is 0. The van der Waals surface area contributed by atoms with Crippen molar-refractivity contribution in [2.45, 2.75) is 91.4 Å². The summed E-state index contributed by atoms with van der Waals surface area (Å²) in [6.07, 6.45) is 15.7. The Morgan fingerprint density at radius 1 is 0.824 bits per heavy atom. The van der Waals surface area contributed by atoms with Crippen molar-refractivity contribution >= 4 is 0 Å². The average Bonchev–Trinajstić information content (AvgIpc) is 2.31. The number of rotatable bonds is 12. The van der Waals surface area contributed by atoms with Crippen LogP contribution in [0, 0.1) is 5.92 Å². The molecule has 0 aliphatic heterocycles. The van der Waals surface area contributed by atoms with Gasteiger partial charge in [-0.1, -0.05) is 90.2 Å². The lowest BCUT2D eigenvalue weighted by Gasteiger charge is -2.10. The lowest BCUT2D eigenvalue weighted by molar-refractivity contribution is 0.517. The van der Waals surface area contributed by atoms with E-state index in [-0.39, 0.29) is 0 Å². The molecular weight excluding hydrogens is 204 g/mol. The first-order chi connectivity index (χ1) is 8.18. The van der Waals surface area contributed by atoms with Gasteiger partial charge in [0.05, 0.1) is 0 Å². The first-order valence-corrected chi connectivity index (χ1v) is 7.83. The van der Waals surface area contributed by atoms with Gasteiger partial charge >= 0.3 is 0 Å². The van der Waals surface area contributed by atoms with Crippen LogP contribution in [0.15, 0.2) is 12.2 Å². The van der Waals surface area contributed by atoms with Gasteiger partial charge in [-0.15, -0.1) is 0 Å². The molecule has 0 N–H and O–H groups in total. The van der Waals surface area contributed by atoms with E-state index in [4.69, 9.17) is 0 Å². The highest BCUT2D eigenvalue weighted by Gasteiger charge is 2.01. The minimum atomic E-state index is 0.726. The van der Waals surface area contributed by atoms with E-state index in [1.54, 1.807) is 0 Å². The fourth-order valence-corrected chi connectivity index (χ4v) is 2.18. The van der Waals surface area contributed by atoms with E-state index in [1.807, 2.05) is 0 Å². The van der Waals surface area contributed by atoms with Crippen LogP contribution in [0.3, 0.4) is 0 Å². The first kappa shape index (κ1) is 16.7. The van der Waals surface area contributed by atoms with Crippen molar-refractivity contribution in [3.8, 4) is 0 Å². The Bertz CT molecular complexity index is 169. The molecule has 0 aliphatic carbocycles. The van der Waals surface area contributed by atoms with Gasteiger partial charge < -0.3 is 0 Å². The van der Waals surface area contributed by atoms with Crippen molar-refractivity contribution in [2.75, 3.05) is 0 Å². The summed E-state index contributed by atoms with van der Waals surface area (Å²) in [6.45, 7) is 10.8. The minimum absolute atomic E-state index is 0.726. The summed E-state index contributed by atoms with van der Waals surface area (Å²) >= 11 is 0. The van der Waals surface area contributed by atoms with Crippen LogP contribution in [0.2, 0.25) is 0 Å². The third-order valence-corrected chi connectivity index (χ3v) is 3.83. The van der Waals surface area contributed by atoms with Crippen molar-refractivity contribution in [3.63, 3.8) is 0 Å². The Labute approximate surface area is 110 Å². The SMILES string of the molecule is C=C(C)C(C)CCCCCCCCCCCC. The van der Waals surface area contributed by atoms with Crippen molar-refractivity contribution in [1.82, 2.24) is 0 Å². The first-order valence-electron chi connectivity index (χ1n) is 7.83. The van der Waals surface area contributed by atoms with Gasteiger partial charge in [0.25, 0.3) is 0 Å². The van der Waals surface area contributed by atoms with Gasteiger partial charge in [0.2, 0.25) is 0 Å². The highest BCUT2D eigenvalue weighted by molar-refractivity contribution is 4.93. The van der Waals surface area contributed by atoms with Crippen LogP contribution >= 0.6 is 0 Å². The average molecular weight is 238 g/mol. The van der Waals surface area contributed by atoms with E-state index in [1.165, 1.54) is 76.2 Å². The summed E-state index contributed by atoms with van der Waals surface area (Å²) in [5.41, 5.74) is 1.35. The molecule has 0 saturated carbocycles.